The monoisotopic (exact) mass is 406 g/mol. The van der Waals surface area contributed by atoms with E-state index in [-0.39, 0.29) is 11.6 Å². The number of likely N-dealkylation sites (tertiary alicyclic amines) is 1. The second-order valence-electron chi connectivity index (χ2n) is 8.39. The van der Waals surface area contributed by atoms with Gasteiger partial charge >= 0.3 is 6.09 Å². The van der Waals surface area contributed by atoms with Gasteiger partial charge in [0, 0.05) is 17.6 Å². The van der Waals surface area contributed by atoms with Crippen LogP contribution in [0.2, 0.25) is 5.02 Å². The molecule has 2 heterocycles. The van der Waals surface area contributed by atoms with Crippen molar-refractivity contribution in [3.63, 3.8) is 0 Å². The largest absolute Gasteiger partial charge is 0.444 e. The van der Waals surface area contributed by atoms with Crippen LogP contribution in [0.25, 0.3) is 10.9 Å². The zero-order valence-corrected chi connectivity index (χ0v) is 17.5. The van der Waals surface area contributed by atoms with Crippen molar-refractivity contribution in [2.24, 2.45) is 5.92 Å². The van der Waals surface area contributed by atoms with E-state index in [4.69, 9.17) is 16.3 Å². The SMILES string of the molecule is C[C@H](NC(=O)OC(C)(C)C)[C@H]1CCN(Cc2nc3ccc(Cl)cc3c(=O)[nH]2)C1. The van der Waals surface area contributed by atoms with Gasteiger partial charge in [-0.05, 0) is 64.8 Å². The summed E-state index contributed by atoms with van der Waals surface area (Å²) in [6.07, 6.45) is 0.572. The van der Waals surface area contributed by atoms with E-state index in [9.17, 15) is 9.59 Å². The van der Waals surface area contributed by atoms with Crippen LogP contribution in [0.3, 0.4) is 0 Å². The number of benzene rings is 1. The van der Waals surface area contributed by atoms with Crippen molar-refractivity contribution in [3.8, 4) is 0 Å². The van der Waals surface area contributed by atoms with Crippen molar-refractivity contribution in [1.29, 1.82) is 0 Å². The van der Waals surface area contributed by atoms with Gasteiger partial charge < -0.3 is 15.0 Å². The summed E-state index contributed by atoms with van der Waals surface area (Å²) in [6, 6.07) is 5.12. The van der Waals surface area contributed by atoms with E-state index in [2.05, 4.69) is 20.2 Å². The normalized spacial score (nSPS) is 19.0. The van der Waals surface area contributed by atoms with Gasteiger partial charge in [0.15, 0.2) is 0 Å². The number of nitrogens with zero attached hydrogens (tertiary/aromatic N) is 2. The summed E-state index contributed by atoms with van der Waals surface area (Å²) in [7, 11) is 0. The topological polar surface area (TPSA) is 87.3 Å². The Balaban J connectivity index is 1.60. The maximum absolute atomic E-state index is 12.3. The Morgan fingerprint density at radius 2 is 2.21 bits per heavy atom. The molecule has 0 spiro atoms. The van der Waals surface area contributed by atoms with Gasteiger partial charge in [0.1, 0.15) is 11.4 Å². The van der Waals surface area contributed by atoms with E-state index in [0.29, 0.717) is 34.2 Å². The van der Waals surface area contributed by atoms with E-state index in [0.717, 1.165) is 19.5 Å². The first kappa shape index (κ1) is 20.6. The molecule has 7 nitrogen and oxygen atoms in total. The van der Waals surface area contributed by atoms with Gasteiger partial charge in [0.25, 0.3) is 5.56 Å². The highest BCUT2D eigenvalue weighted by Gasteiger charge is 2.29. The number of rotatable bonds is 4. The molecule has 1 aliphatic rings. The third-order valence-electron chi connectivity index (χ3n) is 4.85. The van der Waals surface area contributed by atoms with Crippen LogP contribution >= 0.6 is 11.6 Å². The zero-order chi connectivity index (χ0) is 20.5. The summed E-state index contributed by atoms with van der Waals surface area (Å²) < 4.78 is 5.33. The van der Waals surface area contributed by atoms with Gasteiger partial charge in [-0.1, -0.05) is 11.6 Å². The highest BCUT2D eigenvalue weighted by atomic mass is 35.5. The van der Waals surface area contributed by atoms with Gasteiger partial charge in [-0.25, -0.2) is 9.78 Å². The van der Waals surface area contributed by atoms with Gasteiger partial charge in [0.2, 0.25) is 0 Å². The van der Waals surface area contributed by atoms with E-state index >= 15 is 0 Å². The molecule has 28 heavy (non-hydrogen) atoms. The Morgan fingerprint density at radius 1 is 1.46 bits per heavy atom. The highest BCUT2D eigenvalue weighted by molar-refractivity contribution is 6.31. The minimum atomic E-state index is -0.511. The number of aromatic amines is 1. The molecule has 0 bridgehead atoms. The van der Waals surface area contributed by atoms with Gasteiger partial charge in [0.05, 0.1) is 17.4 Å². The Morgan fingerprint density at radius 3 is 2.93 bits per heavy atom. The molecule has 2 aromatic rings. The molecule has 0 radical (unpaired) electrons. The number of H-pyrrole nitrogens is 1. The van der Waals surface area contributed by atoms with Crippen molar-refractivity contribution < 1.29 is 9.53 Å². The van der Waals surface area contributed by atoms with Crippen molar-refractivity contribution in [1.82, 2.24) is 20.2 Å². The molecule has 0 saturated carbocycles. The lowest BCUT2D eigenvalue weighted by Gasteiger charge is -2.25. The molecular formula is C20H27ClN4O3. The van der Waals surface area contributed by atoms with Crippen LogP contribution in [0.4, 0.5) is 4.79 Å². The first-order valence-corrected chi connectivity index (χ1v) is 9.89. The molecular weight excluding hydrogens is 380 g/mol. The summed E-state index contributed by atoms with van der Waals surface area (Å²) >= 11 is 5.96. The highest BCUT2D eigenvalue weighted by Crippen LogP contribution is 2.22. The van der Waals surface area contributed by atoms with Crippen LogP contribution in [-0.4, -0.2) is 45.7 Å². The van der Waals surface area contributed by atoms with Gasteiger partial charge in [-0.2, -0.15) is 0 Å². The summed E-state index contributed by atoms with van der Waals surface area (Å²) in [5, 5.41) is 3.93. The Hall–Kier alpha value is -2.12. The quantitative estimate of drug-likeness (QED) is 0.813. The molecule has 1 fully saturated rings. The lowest BCUT2D eigenvalue weighted by molar-refractivity contribution is 0.0492. The number of fused-ring (bicyclic) bond motifs is 1. The summed E-state index contributed by atoms with van der Waals surface area (Å²) in [5.74, 6) is 0.951. The van der Waals surface area contributed by atoms with Crippen LogP contribution in [0, 0.1) is 5.92 Å². The number of aromatic nitrogens is 2. The summed E-state index contributed by atoms with van der Waals surface area (Å²) in [4.78, 5) is 33.9. The Labute approximate surface area is 169 Å². The fourth-order valence-corrected chi connectivity index (χ4v) is 3.64. The maximum atomic E-state index is 12.3. The molecule has 2 atom stereocenters. The van der Waals surface area contributed by atoms with Crippen molar-refractivity contribution >= 4 is 28.6 Å². The molecule has 1 saturated heterocycles. The Bertz CT molecular complexity index is 922. The molecule has 152 valence electrons. The minimum Gasteiger partial charge on any atom is -0.444 e. The fourth-order valence-electron chi connectivity index (χ4n) is 3.47. The lowest BCUT2D eigenvalue weighted by atomic mass is 10.0. The zero-order valence-electron chi connectivity index (χ0n) is 16.7. The first-order valence-electron chi connectivity index (χ1n) is 9.51. The lowest BCUT2D eigenvalue weighted by Crippen LogP contribution is -2.42. The predicted octanol–water partition coefficient (Wildman–Crippen LogP) is 3.31. The fraction of sp³-hybridized carbons (Fsp3) is 0.550. The smallest absolute Gasteiger partial charge is 0.407 e. The molecule has 3 rings (SSSR count). The maximum Gasteiger partial charge on any atom is 0.407 e. The summed E-state index contributed by atoms with van der Waals surface area (Å²) in [5.41, 5.74) is -0.0549. The standard InChI is InChI=1S/C20H27ClN4O3/c1-12(22-19(27)28-20(2,3)4)13-7-8-25(10-13)11-17-23-16-6-5-14(21)9-15(16)18(26)24-17/h5-6,9,12-13H,7-8,10-11H2,1-4H3,(H,22,27)(H,23,24,26)/t12-,13-/m0/s1. The van der Waals surface area contributed by atoms with Gasteiger partial charge in [-0.15, -0.1) is 0 Å². The average molecular weight is 407 g/mol. The number of nitrogens with one attached hydrogen (secondary N) is 2. The minimum absolute atomic E-state index is 0.00519. The molecule has 8 heteroatoms. The van der Waals surface area contributed by atoms with Crippen molar-refractivity contribution in [2.45, 2.75) is 52.3 Å². The molecule has 1 amide bonds. The predicted molar refractivity (Wildman–Crippen MR) is 110 cm³/mol. The van der Waals surface area contributed by atoms with Crippen molar-refractivity contribution in [3.05, 3.63) is 39.4 Å². The Kier molecular flexibility index (Phi) is 5.95. The van der Waals surface area contributed by atoms with E-state index in [1.807, 2.05) is 27.7 Å². The molecule has 2 N–H and O–H groups in total. The van der Waals surface area contributed by atoms with E-state index < -0.39 is 11.7 Å². The molecule has 1 aromatic carbocycles. The second kappa shape index (κ2) is 8.09. The number of ether oxygens (including phenoxy) is 1. The van der Waals surface area contributed by atoms with Crippen LogP contribution in [0.1, 0.15) is 39.9 Å². The van der Waals surface area contributed by atoms with E-state index in [1.54, 1.807) is 18.2 Å². The number of amides is 1. The van der Waals surface area contributed by atoms with E-state index in [1.165, 1.54) is 0 Å². The molecule has 0 aliphatic carbocycles. The number of alkyl carbamates (subject to hydrolysis) is 1. The van der Waals surface area contributed by atoms with Crippen LogP contribution in [-0.2, 0) is 11.3 Å². The number of carbonyl (C=O) groups is 1. The molecule has 1 aromatic heterocycles. The first-order chi connectivity index (χ1) is 13.1. The number of hydrogen-bond donors (Lipinski definition) is 2. The van der Waals surface area contributed by atoms with Crippen LogP contribution in [0.5, 0.6) is 0 Å². The average Bonchev–Trinajstić information content (AvgIpc) is 3.02. The third kappa shape index (κ3) is 5.23. The van der Waals surface area contributed by atoms with Crippen molar-refractivity contribution in [2.75, 3.05) is 13.1 Å². The van der Waals surface area contributed by atoms with Crippen LogP contribution in [0.15, 0.2) is 23.0 Å². The number of halogens is 1. The van der Waals surface area contributed by atoms with Gasteiger partial charge in [-0.3, -0.25) is 9.69 Å². The third-order valence-corrected chi connectivity index (χ3v) is 5.09. The second-order valence-corrected chi connectivity index (χ2v) is 8.83. The number of carbonyl (C=O) groups excluding carboxylic acids is 1. The summed E-state index contributed by atoms with van der Waals surface area (Å²) in [6.45, 7) is 9.80. The molecule has 1 aliphatic heterocycles. The molecule has 0 unspecified atom stereocenters. The number of hydrogen-bond acceptors (Lipinski definition) is 5. The van der Waals surface area contributed by atoms with Crippen LogP contribution < -0.4 is 10.9 Å².